The number of amides is 2. The molecule has 0 aliphatic carbocycles. The lowest BCUT2D eigenvalue weighted by atomic mass is 9.73. The van der Waals surface area contributed by atoms with Gasteiger partial charge in [-0.25, -0.2) is 4.98 Å². The summed E-state index contributed by atoms with van der Waals surface area (Å²) < 4.78 is 0. The standard InChI is InChI=1S/C20H25N5O2/c26-18-2-7-20(13-24(18)11-5-17-12-22-15-23-17)6-1-10-25(14-20)19(27)16-3-8-21-9-4-16/h3-4,8-9,12,15H,1-2,5-7,10-11,13-14H2,(H,22,23). The number of aromatic nitrogens is 3. The number of carbonyl (C=O) groups excluding carboxylic acids is 2. The maximum Gasteiger partial charge on any atom is 0.253 e. The summed E-state index contributed by atoms with van der Waals surface area (Å²) in [5, 5.41) is 0. The molecule has 7 nitrogen and oxygen atoms in total. The van der Waals surface area contributed by atoms with Crippen LogP contribution in [0.25, 0.3) is 0 Å². The zero-order valence-corrected chi connectivity index (χ0v) is 15.4. The van der Waals surface area contributed by atoms with Gasteiger partial charge < -0.3 is 14.8 Å². The van der Waals surface area contributed by atoms with Crippen LogP contribution in [0, 0.1) is 5.41 Å². The summed E-state index contributed by atoms with van der Waals surface area (Å²) in [4.78, 5) is 40.4. The van der Waals surface area contributed by atoms with Crippen LogP contribution >= 0.6 is 0 Å². The van der Waals surface area contributed by atoms with Crippen LogP contribution in [-0.2, 0) is 11.2 Å². The van der Waals surface area contributed by atoms with Gasteiger partial charge in [0.1, 0.15) is 0 Å². The van der Waals surface area contributed by atoms with Crippen LogP contribution in [0.3, 0.4) is 0 Å². The molecule has 2 fully saturated rings. The first kappa shape index (κ1) is 17.7. The number of nitrogens with zero attached hydrogens (tertiary/aromatic N) is 4. The van der Waals surface area contributed by atoms with Crippen LogP contribution in [0.15, 0.2) is 37.1 Å². The summed E-state index contributed by atoms with van der Waals surface area (Å²) in [6.07, 6.45) is 11.1. The maximum atomic E-state index is 12.9. The first-order valence-electron chi connectivity index (χ1n) is 9.60. The second kappa shape index (κ2) is 7.50. The Morgan fingerprint density at radius 1 is 1.19 bits per heavy atom. The Morgan fingerprint density at radius 2 is 2.04 bits per heavy atom. The Balaban J connectivity index is 1.43. The normalized spacial score (nSPS) is 23.0. The first-order valence-corrected chi connectivity index (χ1v) is 9.60. The lowest BCUT2D eigenvalue weighted by Crippen LogP contribution is -2.55. The van der Waals surface area contributed by atoms with E-state index in [0.717, 1.165) is 51.0 Å². The highest BCUT2D eigenvalue weighted by Crippen LogP contribution is 2.39. The number of aromatic amines is 1. The maximum absolute atomic E-state index is 12.9. The van der Waals surface area contributed by atoms with E-state index in [0.29, 0.717) is 18.5 Å². The molecule has 2 saturated heterocycles. The largest absolute Gasteiger partial charge is 0.348 e. The molecular formula is C20H25N5O2. The zero-order chi connectivity index (χ0) is 18.7. The van der Waals surface area contributed by atoms with Crippen molar-refractivity contribution in [1.29, 1.82) is 0 Å². The molecule has 0 saturated carbocycles. The molecule has 0 radical (unpaired) electrons. The molecular weight excluding hydrogens is 342 g/mol. The number of imidazole rings is 1. The van der Waals surface area contributed by atoms with Gasteiger partial charge in [0, 0.05) is 74.3 Å². The second-order valence-electron chi connectivity index (χ2n) is 7.71. The number of hydrogen-bond acceptors (Lipinski definition) is 4. The Hall–Kier alpha value is -2.70. The third kappa shape index (κ3) is 3.86. The van der Waals surface area contributed by atoms with Gasteiger partial charge in [0.25, 0.3) is 5.91 Å². The predicted molar refractivity (Wildman–Crippen MR) is 99.9 cm³/mol. The first-order chi connectivity index (χ1) is 13.2. The average molecular weight is 367 g/mol. The minimum atomic E-state index is 0.0167. The van der Waals surface area contributed by atoms with Crippen molar-refractivity contribution in [3.63, 3.8) is 0 Å². The summed E-state index contributed by atoms with van der Waals surface area (Å²) in [6, 6.07) is 3.54. The summed E-state index contributed by atoms with van der Waals surface area (Å²) in [5.74, 6) is 0.287. The molecule has 1 spiro atoms. The quantitative estimate of drug-likeness (QED) is 0.895. The van der Waals surface area contributed by atoms with Gasteiger partial charge in [0.05, 0.1) is 6.33 Å². The van der Waals surface area contributed by atoms with Crippen molar-refractivity contribution in [2.24, 2.45) is 5.41 Å². The van der Waals surface area contributed by atoms with Gasteiger partial charge >= 0.3 is 0 Å². The molecule has 4 heterocycles. The monoisotopic (exact) mass is 367 g/mol. The smallest absolute Gasteiger partial charge is 0.253 e. The number of carbonyl (C=O) groups is 2. The SMILES string of the molecule is O=C1CCC2(CCCN(C(=O)c3ccncc3)C2)CN1CCc1cnc[nH]1. The van der Waals surface area contributed by atoms with E-state index in [1.54, 1.807) is 37.1 Å². The van der Waals surface area contributed by atoms with Gasteiger partial charge in [-0.3, -0.25) is 14.6 Å². The highest BCUT2D eigenvalue weighted by atomic mass is 16.2. The molecule has 1 atom stereocenters. The number of likely N-dealkylation sites (tertiary alicyclic amines) is 2. The van der Waals surface area contributed by atoms with E-state index in [1.807, 2.05) is 9.80 Å². The summed E-state index contributed by atoms with van der Waals surface area (Å²) in [7, 11) is 0. The molecule has 7 heteroatoms. The molecule has 2 aromatic heterocycles. The Kier molecular flexibility index (Phi) is 4.92. The fourth-order valence-electron chi connectivity index (χ4n) is 4.37. The number of hydrogen-bond donors (Lipinski definition) is 1. The number of H-pyrrole nitrogens is 1. The summed E-state index contributed by atoms with van der Waals surface area (Å²) in [5.41, 5.74) is 1.74. The molecule has 2 aliphatic heterocycles. The third-order valence-corrected chi connectivity index (χ3v) is 5.83. The summed E-state index contributed by atoms with van der Waals surface area (Å²) in [6.45, 7) is 2.94. The van der Waals surface area contributed by atoms with Crippen LogP contribution in [0.2, 0.25) is 0 Å². The molecule has 2 amide bonds. The zero-order valence-electron chi connectivity index (χ0n) is 15.4. The van der Waals surface area contributed by atoms with E-state index < -0.39 is 0 Å². The van der Waals surface area contributed by atoms with Crippen molar-refractivity contribution >= 4 is 11.8 Å². The van der Waals surface area contributed by atoms with E-state index >= 15 is 0 Å². The van der Waals surface area contributed by atoms with E-state index in [2.05, 4.69) is 15.0 Å². The van der Waals surface area contributed by atoms with Crippen LogP contribution < -0.4 is 0 Å². The van der Waals surface area contributed by atoms with Crippen molar-refractivity contribution in [1.82, 2.24) is 24.8 Å². The van der Waals surface area contributed by atoms with Crippen LogP contribution in [0.5, 0.6) is 0 Å². The fraction of sp³-hybridized carbons (Fsp3) is 0.500. The van der Waals surface area contributed by atoms with Crippen LogP contribution in [0.4, 0.5) is 0 Å². The minimum Gasteiger partial charge on any atom is -0.348 e. The summed E-state index contributed by atoms with van der Waals surface area (Å²) >= 11 is 0. The number of nitrogens with one attached hydrogen (secondary N) is 1. The Labute approximate surface area is 158 Å². The topological polar surface area (TPSA) is 82.2 Å². The molecule has 2 aromatic rings. The van der Waals surface area contributed by atoms with Crippen LogP contribution in [0.1, 0.15) is 41.7 Å². The van der Waals surface area contributed by atoms with Gasteiger partial charge in [-0.05, 0) is 31.4 Å². The molecule has 0 bridgehead atoms. The number of rotatable bonds is 4. The lowest BCUT2D eigenvalue weighted by molar-refractivity contribution is -0.138. The molecule has 2 aliphatic rings. The van der Waals surface area contributed by atoms with Gasteiger partial charge in [0.2, 0.25) is 5.91 Å². The Morgan fingerprint density at radius 3 is 2.81 bits per heavy atom. The van der Waals surface area contributed by atoms with Gasteiger partial charge in [-0.15, -0.1) is 0 Å². The molecule has 1 unspecified atom stereocenters. The van der Waals surface area contributed by atoms with Crippen molar-refractivity contribution < 1.29 is 9.59 Å². The van der Waals surface area contributed by atoms with Crippen molar-refractivity contribution in [2.45, 2.75) is 32.1 Å². The van der Waals surface area contributed by atoms with Crippen LogP contribution in [-0.4, -0.2) is 62.7 Å². The minimum absolute atomic E-state index is 0.0167. The van der Waals surface area contributed by atoms with E-state index in [1.165, 1.54) is 0 Å². The highest BCUT2D eigenvalue weighted by Gasteiger charge is 2.42. The molecule has 0 aromatic carbocycles. The average Bonchev–Trinajstić information content (AvgIpc) is 3.23. The third-order valence-electron chi connectivity index (χ3n) is 5.83. The number of piperidine rings is 2. The van der Waals surface area contributed by atoms with Gasteiger partial charge in [-0.1, -0.05) is 0 Å². The fourth-order valence-corrected chi connectivity index (χ4v) is 4.37. The molecule has 1 N–H and O–H groups in total. The number of pyridine rings is 1. The van der Waals surface area contributed by atoms with E-state index in [-0.39, 0.29) is 17.2 Å². The van der Waals surface area contributed by atoms with Crippen molar-refractivity contribution in [2.75, 3.05) is 26.2 Å². The lowest BCUT2D eigenvalue weighted by Gasteiger charge is -2.48. The molecule has 4 rings (SSSR count). The second-order valence-corrected chi connectivity index (χ2v) is 7.71. The van der Waals surface area contributed by atoms with Gasteiger partial charge in [-0.2, -0.15) is 0 Å². The highest BCUT2D eigenvalue weighted by molar-refractivity contribution is 5.94. The molecule has 142 valence electrons. The van der Waals surface area contributed by atoms with E-state index in [4.69, 9.17) is 0 Å². The van der Waals surface area contributed by atoms with Gasteiger partial charge in [0.15, 0.2) is 0 Å². The Bertz CT molecular complexity index is 792. The van der Waals surface area contributed by atoms with Crippen molar-refractivity contribution in [3.8, 4) is 0 Å². The predicted octanol–water partition coefficient (Wildman–Crippen LogP) is 1.89. The molecule has 27 heavy (non-hydrogen) atoms. The van der Waals surface area contributed by atoms with Crippen molar-refractivity contribution in [3.05, 3.63) is 48.3 Å². The van der Waals surface area contributed by atoms with E-state index in [9.17, 15) is 9.59 Å².